The highest BCUT2D eigenvalue weighted by Crippen LogP contribution is 2.33. The number of aliphatic hydroxyl groups is 8. The van der Waals surface area contributed by atoms with Gasteiger partial charge in [0.05, 0.1) is 25.4 Å². The number of aliphatic hydroxyl groups excluding tert-OH is 8. The summed E-state index contributed by atoms with van der Waals surface area (Å²) in [7, 11) is 0. The van der Waals surface area contributed by atoms with E-state index in [0.29, 0.717) is 13.0 Å². The quantitative estimate of drug-likeness (QED) is 0.0407. The van der Waals surface area contributed by atoms with Crippen LogP contribution in [0.3, 0.4) is 0 Å². The summed E-state index contributed by atoms with van der Waals surface area (Å²) >= 11 is 0. The molecule has 0 spiro atoms. The first-order valence-electron chi connectivity index (χ1n) is 25.4. The van der Waals surface area contributed by atoms with Crippen LogP contribution in [0.4, 0.5) is 0 Å². The number of carbonyl (C=O) groups excluding carboxylic acids is 1. The first kappa shape index (κ1) is 57.2. The molecule has 3 aliphatic rings. The second kappa shape index (κ2) is 32.6. The molecular weight excluding hydrogens is 831 g/mol. The van der Waals surface area contributed by atoms with Crippen LogP contribution in [0, 0.1) is 0 Å². The Morgan fingerprint density at radius 1 is 0.469 bits per heavy atom. The number of unbranched alkanes of at least 4 members (excludes halogenated alkanes) is 21. The summed E-state index contributed by atoms with van der Waals surface area (Å²) in [5, 5.41) is 85.2. The molecule has 3 heterocycles. The van der Waals surface area contributed by atoms with Crippen molar-refractivity contribution in [3.63, 3.8) is 0 Å². The number of hydrogen-bond acceptors (Lipinski definition) is 15. The Kier molecular flexibility index (Phi) is 29.2. The summed E-state index contributed by atoms with van der Waals surface area (Å²) in [6.07, 6.45) is 5.88. The van der Waals surface area contributed by atoms with Crippen LogP contribution >= 0.6 is 0 Å². The lowest BCUT2D eigenvalue weighted by Crippen LogP contribution is -2.66. The first-order chi connectivity index (χ1) is 30.9. The predicted octanol–water partition coefficient (Wildman–Crippen LogP) is 4.74. The third-order valence-electron chi connectivity index (χ3n) is 13.3. The van der Waals surface area contributed by atoms with Crippen molar-refractivity contribution in [1.29, 1.82) is 0 Å². The maximum Gasteiger partial charge on any atom is 0.222 e. The Balaban J connectivity index is 1.64. The first-order valence-corrected chi connectivity index (χ1v) is 25.4. The summed E-state index contributed by atoms with van der Waals surface area (Å²) in [6, 6.07) is 0. The van der Waals surface area contributed by atoms with E-state index in [0.717, 1.165) is 38.5 Å². The molecule has 0 aromatic rings. The third-order valence-corrected chi connectivity index (χ3v) is 13.3. The van der Waals surface area contributed by atoms with Crippen LogP contribution in [-0.4, -0.2) is 170 Å². The maximum atomic E-state index is 13.7. The van der Waals surface area contributed by atoms with Crippen molar-refractivity contribution in [3.8, 4) is 0 Å². The normalized spacial score (nSPS) is 33.4. The number of nitrogens with zero attached hydrogens (tertiary/aromatic N) is 1. The van der Waals surface area contributed by atoms with E-state index in [2.05, 4.69) is 13.8 Å². The van der Waals surface area contributed by atoms with Gasteiger partial charge in [0.25, 0.3) is 0 Å². The van der Waals surface area contributed by atoms with Gasteiger partial charge < -0.3 is 74.2 Å². The second-order valence-corrected chi connectivity index (χ2v) is 18.7. The molecule has 16 nitrogen and oxygen atoms in total. The maximum absolute atomic E-state index is 13.7. The summed E-state index contributed by atoms with van der Waals surface area (Å²) < 4.78 is 35.6. The van der Waals surface area contributed by atoms with Crippen molar-refractivity contribution in [3.05, 3.63) is 0 Å². The van der Waals surface area contributed by atoms with Crippen molar-refractivity contribution in [2.45, 2.75) is 274 Å². The van der Waals surface area contributed by atoms with E-state index in [9.17, 15) is 45.6 Å². The van der Waals surface area contributed by atoms with E-state index in [-0.39, 0.29) is 19.1 Å². The summed E-state index contributed by atoms with van der Waals surface area (Å²) in [4.78, 5) is 15.5. The smallest absolute Gasteiger partial charge is 0.222 e. The van der Waals surface area contributed by atoms with Gasteiger partial charge in [0.1, 0.15) is 61.0 Å². The van der Waals surface area contributed by atoms with E-state index in [1.165, 1.54) is 123 Å². The monoisotopic (exact) mass is 922 g/mol. The van der Waals surface area contributed by atoms with Crippen LogP contribution in [0.5, 0.6) is 0 Å². The van der Waals surface area contributed by atoms with Crippen molar-refractivity contribution in [2.24, 2.45) is 0 Å². The molecule has 0 aliphatic carbocycles. The van der Waals surface area contributed by atoms with Crippen LogP contribution in [-0.2, 0) is 33.2 Å². The molecule has 15 atom stereocenters. The number of rotatable bonds is 34. The van der Waals surface area contributed by atoms with Gasteiger partial charge >= 0.3 is 0 Å². The molecular formula is C48H91NO15. The minimum absolute atomic E-state index is 0.0366. The number of amides is 1. The summed E-state index contributed by atoms with van der Waals surface area (Å²) in [5.74, 6) is 0.0366. The van der Waals surface area contributed by atoms with Gasteiger partial charge in [-0.2, -0.15) is 0 Å². The van der Waals surface area contributed by atoms with Crippen molar-refractivity contribution in [2.75, 3.05) is 26.3 Å². The number of ether oxygens (including phenoxy) is 6. The average Bonchev–Trinajstić information content (AvgIpc) is 3.28. The molecule has 3 saturated heterocycles. The van der Waals surface area contributed by atoms with Crippen LogP contribution in [0.15, 0.2) is 0 Å². The molecule has 0 bridgehead atoms. The topological polar surface area (TPSA) is 238 Å². The Morgan fingerprint density at radius 3 is 1.31 bits per heavy atom. The van der Waals surface area contributed by atoms with Gasteiger partial charge in [-0.15, -0.1) is 0 Å². The molecule has 0 saturated carbocycles. The van der Waals surface area contributed by atoms with E-state index < -0.39 is 98.7 Å². The SMILES string of the molecule is CCCCCCCCCCCCCCN(CCO[C@@H]1O[C@H](CO)[C@@H](O[C@@H]2O[C@@H](C)[C@H](O)[C@@H](O)[C@H]2O)[C@H](O)[C@H]1O[C@@H]1O[C@@H](C)[C@H](O)[C@@H](O)[C@H]1O)C(=O)CCCCCCCCCCCCC. The molecule has 64 heavy (non-hydrogen) atoms. The molecule has 0 unspecified atom stereocenters. The van der Waals surface area contributed by atoms with Crippen molar-refractivity contribution >= 4 is 5.91 Å². The van der Waals surface area contributed by atoms with Gasteiger partial charge in [0, 0.05) is 19.5 Å². The van der Waals surface area contributed by atoms with E-state index in [4.69, 9.17) is 28.4 Å². The predicted molar refractivity (Wildman–Crippen MR) is 241 cm³/mol. The average molecular weight is 922 g/mol. The fourth-order valence-corrected chi connectivity index (χ4v) is 8.93. The fraction of sp³-hybridized carbons (Fsp3) is 0.979. The van der Waals surface area contributed by atoms with Gasteiger partial charge in [-0.25, -0.2) is 0 Å². The lowest BCUT2D eigenvalue weighted by molar-refractivity contribution is -0.384. The standard InChI is InChI=1S/C48H91NO15/c1-5-7-9-11-13-15-17-19-21-23-25-27-29-49(36(51)28-26-24-22-20-18-16-14-12-10-8-6-2)30-31-59-48-45(64-47-42(57)40(55)38(53)34(4)61-47)43(58)44(35(32-50)62-48)63-46-41(56)39(54)37(52)33(3)60-46/h33-35,37-48,50,52-58H,5-32H2,1-4H3/t33-,34-,35+,37-,38-,39+,40+,41+,42+,43-,44+,45+,46-,47-,48+/m0/s1. The highest BCUT2D eigenvalue weighted by molar-refractivity contribution is 5.76. The summed E-state index contributed by atoms with van der Waals surface area (Å²) in [5.41, 5.74) is 0. The zero-order chi connectivity index (χ0) is 46.9. The molecule has 8 N–H and O–H groups in total. The lowest BCUT2D eigenvalue weighted by Gasteiger charge is -2.48. The highest BCUT2D eigenvalue weighted by atomic mass is 16.8. The molecule has 16 heteroatoms. The Morgan fingerprint density at radius 2 is 0.875 bits per heavy atom. The van der Waals surface area contributed by atoms with Gasteiger partial charge in [-0.05, 0) is 26.7 Å². The number of carbonyl (C=O) groups is 1. The Hall–Kier alpha value is -1.09. The molecule has 0 aromatic heterocycles. The van der Waals surface area contributed by atoms with Crippen LogP contribution in [0.25, 0.3) is 0 Å². The van der Waals surface area contributed by atoms with E-state index in [1.807, 2.05) is 4.90 Å². The van der Waals surface area contributed by atoms with Crippen molar-refractivity contribution < 1.29 is 74.1 Å². The summed E-state index contributed by atoms with van der Waals surface area (Å²) in [6.45, 7) is 7.46. The molecule has 378 valence electrons. The zero-order valence-corrected chi connectivity index (χ0v) is 39.8. The highest BCUT2D eigenvalue weighted by Gasteiger charge is 2.53. The van der Waals surface area contributed by atoms with Crippen LogP contribution in [0.2, 0.25) is 0 Å². The van der Waals surface area contributed by atoms with Gasteiger partial charge in [-0.1, -0.05) is 149 Å². The molecule has 3 rings (SSSR count). The fourth-order valence-electron chi connectivity index (χ4n) is 8.93. The molecule has 3 aliphatic heterocycles. The Labute approximate surface area is 384 Å². The van der Waals surface area contributed by atoms with Crippen LogP contribution < -0.4 is 0 Å². The second-order valence-electron chi connectivity index (χ2n) is 18.7. The lowest BCUT2D eigenvalue weighted by atomic mass is 9.96. The molecule has 0 radical (unpaired) electrons. The minimum Gasteiger partial charge on any atom is -0.394 e. The van der Waals surface area contributed by atoms with Crippen molar-refractivity contribution in [1.82, 2.24) is 4.90 Å². The van der Waals surface area contributed by atoms with E-state index in [1.54, 1.807) is 0 Å². The Bertz CT molecular complexity index is 1190. The molecule has 0 aromatic carbocycles. The van der Waals surface area contributed by atoms with Gasteiger partial charge in [-0.3, -0.25) is 4.79 Å². The van der Waals surface area contributed by atoms with Gasteiger partial charge in [0.2, 0.25) is 5.91 Å². The van der Waals surface area contributed by atoms with Crippen LogP contribution in [0.1, 0.15) is 182 Å². The number of hydrogen-bond donors (Lipinski definition) is 8. The third kappa shape index (κ3) is 19.5. The van der Waals surface area contributed by atoms with Gasteiger partial charge in [0.15, 0.2) is 18.9 Å². The van der Waals surface area contributed by atoms with E-state index >= 15 is 0 Å². The largest absolute Gasteiger partial charge is 0.394 e. The zero-order valence-electron chi connectivity index (χ0n) is 39.8. The molecule has 1 amide bonds. The minimum atomic E-state index is -1.74. The molecule has 3 fully saturated rings.